The van der Waals surface area contributed by atoms with Crippen molar-refractivity contribution in [3.8, 4) is 6.07 Å². The number of nitrogens with one attached hydrogen (secondary N) is 1. The van der Waals surface area contributed by atoms with Crippen molar-refractivity contribution in [2.45, 2.75) is 26.8 Å². The number of rotatable bonds is 4. The lowest BCUT2D eigenvalue weighted by Gasteiger charge is -2.14. The molecule has 1 N–H and O–H groups in total. The molecule has 0 aliphatic heterocycles. The Bertz CT molecular complexity index is 452. The molecule has 5 nitrogen and oxygen atoms in total. The Morgan fingerprint density at radius 2 is 2.41 bits per heavy atom. The van der Waals surface area contributed by atoms with E-state index >= 15 is 0 Å². The summed E-state index contributed by atoms with van der Waals surface area (Å²) < 4.78 is 4.87. The van der Waals surface area contributed by atoms with E-state index in [4.69, 9.17) is 10.00 Å². The van der Waals surface area contributed by atoms with Gasteiger partial charge >= 0.3 is 5.97 Å². The normalized spacial score (nSPS) is 11.4. The van der Waals surface area contributed by atoms with E-state index in [0.717, 1.165) is 5.56 Å². The first kappa shape index (κ1) is 13.0. The SMILES string of the molecule is CCOC(=O)C(C)Nc1nccc(C)c1C#N. The average molecular weight is 233 g/mol. The smallest absolute Gasteiger partial charge is 0.328 e. The Balaban J connectivity index is 2.86. The molecule has 0 aliphatic carbocycles. The molecular formula is C12H15N3O2. The lowest BCUT2D eigenvalue weighted by molar-refractivity contribution is -0.143. The number of anilines is 1. The molecule has 0 fully saturated rings. The molecule has 1 aromatic heterocycles. The molecule has 17 heavy (non-hydrogen) atoms. The number of nitriles is 1. The number of hydrogen-bond acceptors (Lipinski definition) is 5. The predicted octanol–water partition coefficient (Wildman–Crippen LogP) is 1.63. The lowest BCUT2D eigenvalue weighted by Crippen LogP contribution is -2.29. The zero-order chi connectivity index (χ0) is 12.8. The van der Waals surface area contributed by atoms with Gasteiger partial charge in [0.15, 0.2) is 0 Å². The third kappa shape index (κ3) is 3.18. The summed E-state index contributed by atoms with van der Waals surface area (Å²) in [5, 5.41) is 11.9. The highest BCUT2D eigenvalue weighted by Gasteiger charge is 2.16. The first-order valence-corrected chi connectivity index (χ1v) is 5.39. The number of nitrogens with zero attached hydrogens (tertiary/aromatic N) is 2. The molecule has 1 heterocycles. The highest BCUT2D eigenvalue weighted by molar-refractivity contribution is 5.79. The third-order valence-corrected chi connectivity index (χ3v) is 2.26. The predicted molar refractivity (Wildman–Crippen MR) is 63.4 cm³/mol. The van der Waals surface area contributed by atoms with E-state index in [1.54, 1.807) is 26.1 Å². The van der Waals surface area contributed by atoms with Gasteiger partial charge in [0.05, 0.1) is 12.2 Å². The summed E-state index contributed by atoms with van der Waals surface area (Å²) in [4.78, 5) is 15.5. The quantitative estimate of drug-likeness (QED) is 0.800. The molecule has 1 rings (SSSR count). The topological polar surface area (TPSA) is 75.0 Å². The molecule has 5 heteroatoms. The van der Waals surface area contributed by atoms with Crippen molar-refractivity contribution in [2.24, 2.45) is 0 Å². The highest BCUT2D eigenvalue weighted by Crippen LogP contribution is 2.16. The van der Waals surface area contributed by atoms with E-state index in [2.05, 4.69) is 16.4 Å². The molecule has 0 amide bonds. The maximum Gasteiger partial charge on any atom is 0.328 e. The van der Waals surface area contributed by atoms with E-state index in [9.17, 15) is 4.79 Å². The number of carbonyl (C=O) groups excluding carboxylic acids is 1. The minimum atomic E-state index is -0.531. The summed E-state index contributed by atoms with van der Waals surface area (Å²) >= 11 is 0. The largest absolute Gasteiger partial charge is 0.464 e. The summed E-state index contributed by atoms with van der Waals surface area (Å²) in [5.74, 6) is 0.0488. The Morgan fingerprint density at radius 1 is 1.71 bits per heavy atom. The van der Waals surface area contributed by atoms with Gasteiger partial charge in [-0.3, -0.25) is 0 Å². The molecule has 0 radical (unpaired) electrons. The van der Waals surface area contributed by atoms with Crippen molar-refractivity contribution in [3.63, 3.8) is 0 Å². The van der Waals surface area contributed by atoms with Gasteiger partial charge < -0.3 is 10.1 Å². The van der Waals surface area contributed by atoms with Crippen LogP contribution >= 0.6 is 0 Å². The maximum absolute atomic E-state index is 11.4. The van der Waals surface area contributed by atoms with Crippen LogP contribution in [0.15, 0.2) is 12.3 Å². The molecule has 1 atom stereocenters. The van der Waals surface area contributed by atoms with Crippen molar-refractivity contribution < 1.29 is 9.53 Å². The van der Waals surface area contributed by atoms with E-state index < -0.39 is 6.04 Å². The second-order valence-electron chi connectivity index (χ2n) is 3.58. The van der Waals surface area contributed by atoms with Crippen LogP contribution in [0.2, 0.25) is 0 Å². The van der Waals surface area contributed by atoms with Crippen LogP contribution in [0.1, 0.15) is 25.0 Å². The van der Waals surface area contributed by atoms with E-state index in [0.29, 0.717) is 18.0 Å². The van der Waals surface area contributed by atoms with Crippen LogP contribution in [0.3, 0.4) is 0 Å². The van der Waals surface area contributed by atoms with Crippen LogP contribution in [-0.2, 0) is 9.53 Å². The Hall–Kier alpha value is -2.09. The highest BCUT2D eigenvalue weighted by atomic mass is 16.5. The van der Waals surface area contributed by atoms with Crippen LogP contribution in [0.4, 0.5) is 5.82 Å². The van der Waals surface area contributed by atoms with Gasteiger partial charge in [0.2, 0.25) is 0 Å². The second-order valence-corrected chi connectivity index (χ2v) is 3.58. The molecule has 90 valence electrons. The van der Waals surface area contributed by atoms with Crippen molar-refractivity contribution in [1.29, 1.82) is 5.26 Å². The van der Waals surface area contributed by atoms with E-state index in [-0.39, 0.29) is 5.97 Å². The van der Waals surface area contributed by atoms with Gasteiger partial charge in [-0.2, -0.15) is 5.26 Å². The molecule has 0 saturated heterocycles. The lowest BCUT2D eigenvalue weighted by atomic mass is 10.1. The number of pyridine rings is 1. The van der Waals surface area contributed by atoms with Gasteiger partial charge in [-0.25, -0.2) is 9.78 Å². The molecule has 1 aromatic rings. The molecule has 1 unspecified atom stereocenters. The summed E-state index contributed by atoms with van der Waals surface area (Å²) in [6.45, 7) is 5.57. The second kappa shape index (κ2) is 5.85. The molecule has 0 bridgehead atoms. The Morgan fingerprint density at radius 3 is 3.00 bits per heavy atom. The first-order valence-electron chi connectivity index (χ1n) is 5.39. The minimum absolute atomic E-state index is 0.331. The zero-order valence-corrected chi connectivity index (χ0v) is 10.2. The summed E-state index contributed by atoms with van der Waals surface area (Å²) in [7, 11) is 0. The first-order chi connectivity index (χ1) is 8.10. The van der Waals surface area contributed by atoms with Gasteiger partial charge in [0.1, 0.15) is 17.9 Å². The average Bonchev–Trinajstić information content (AvgIpc) is 2.29. The van der Waals surface area contributed by atoms with Gasteiger partial charge in [-0.15, -0.1) is 0 Å². The van der Waals surface area contributed by atoms with E-state index in [1.807, 2.05) is 6.92 Å². The monoisotopic (exact) mass is 233 g/mol. The summed E-state index contributed by atoms with van der Waals surface area (Å²) in [6, 6.07) is 3.28. The molecule has 0 spiro atoms. The van der Waals surface area contributed by atoms with Crippen molar-refractivity contribution in [3.05, 3.63) is 23.4 Å². The molecule has 0 aromatic carbocycles. The van der Waals surface area contributed by atoms with Gasteiger partial charge in [0, 0.05) is 6.20 Å². The molecule has 0 aliphatic rings. The standard InChI is InChI=1S/C12H15N3O2/c1-4-17-12(16)9(3)15-11-10(7-13)8(2)5-6-14-11/h5-6,9H,4H2,1-3H3,(H,14,15). The third-order valence-electron chi connectivity index (χ3n) is 2.26. The van der Waals surface area contributed by atoms with Crippen molar-refractivity contribution >= 4 is 11.8 Å². The van der Waals surface area contributed by atoms with Crippen LogP contribution in [0, 0.1) is 18.3 Å². The minimum Gasteiger partial charge on any atom is -0.464 e. The number of carbonyl (C=O) groups is 1. The molecule has 0 saturated carbocycles. The van der Waals surface area contributed by atoms with E-state index in [1.165, 1.54) is 0 Å². The summed E-state index contributed by atoms with van der Waals surface area (Å²) in [6.07, 6.45) is 1.59. The van der Waals surface area contributed by atoms with Crippen molar-refractivity contribution in [2.75, 3.05) is 11.9 Å². The van der Waals surface area contributed by atoms with Crippen molar-refractivity contribution in [1.82, 2.24) is 4.98 Å². The van der Waals surface area contributed by atoms with Crippen LogP contribution in [-0.4, -0.2) is 23.6 Å². The van der Waals surface area contributed by atoms with Crippen LogP contribution in [0.25, 0.3) is 0 Å². The van der Waals surface area contributed by atoms with Gasteiger partial charge in [-0.1, -0.05) is 0 Å². The van der Waals surface area contributed by atoms with Crippen LogP contribution < -0.4 is 5.32 Å². The van der Waals surface area contributed by atoms with Crippen LogP contribution in [0.5, 0.6) is 0 Å². The fraction of sp³-hybridized carbons (Fsp3) is 0.417. The number of aromatic nitrogens is 1. The van der Waals surface area contributed by atoms with Gasteiger partial charge in [-0.05, 0) is 32.4 Å². The number of hydrogen-bond donors (Lipinski definition) is 1. The number of aryl methyl sites for hydroxylation is 1. The Labute approximate surface area is 100 Å². The van der Waals surface area contributed by atoms with Gasteiger partial charge in [0.25, 0.3) is 0 Å². The Kier molecular flexibility index (Phi) is 4.46. The zero-order valence-electron chi connectivity index (χ0n) is 10.2. The maximum atomic E-state index is 11.4. The fourth-order valence-electron chi connectivity index (χ4n) is 1.34. The fourth-order valence-corrected chi connectivity index (χ4v) is 1.34. The summed E-state index contributed by atoms with van der Waals surface area (Å²) in [5.41, 5.74) is 1.27. The number of esters is 1. The number of ether oxygens (including phenoxy) is 1. The molecular weight excluding hydrogens is 218 g/mol.